The predicted molar refractivity (Wildman–Crippen MR) is 64.3 cm³/mol. The lowest BCUT2D eigenvalue weighted by Gasteiger charge is -2.24. The average molecular weight is 230 g/mol. The molecule has 1 aromatic carbocycles. The Morgan fingerprint density at radius 2 is 2.18 bits per heavy atom. The third kappa shape index (κ3) is 1.41. The summed E-state index contributed by atoms with van der Waals surface area (Å²) in [5.41, 5.74) is 2.37. The van der Waals surface area contributed by atoms with E-state index in [0.29, 0.717) is 5.56 Å². The van der Waals surface area contributed by atoms with Crippen LogP contribution in [0.15, 0.2) is 18.2 Å². The van der Waals surface area contributed by atoms with E-state index >= 15 is 0 Å². The number of benzene rings is 1. The first-order valence-electron chi connectivity index (χ1n) is 5.88. The van der Waals surface area contributed by atoms with E-state index < -0.39 is 0 Å². The summed E-state index contributed by atoms with van der Waals surface area (Å²) in [5, 5.41) is 3.23. The molecule has 0 radical (unpaired) electrons. The highest BCUT2D eigenvalue weighted by Crippen LogP contribution is 2.34. The largest absolute Gasteiger partial charge is 0.315 e. The van der Waals surface area contributed by atoms with Crippen LogP contribution in [0.4, 0.5) is 5.69 Å². The van der Waals surface area contributed by atoms with Gasteiger partial charge in [0.2, 0.25) is 0 Å². The van der Waals surface area contributed by atoms with Gasteiger partial charge in [0.1, 0.15) is 0 Å². The molecular weight excluding hydrogens is 216 g/mol. The summed E-state index contributed by atoms with van der Waals surface area (Å²) in [6.07, 6.45) is 0.910. The van der Waals surface area contributed by atoms with Crippen molar-refractivity contribution < 1.29 is 9.59 Å². The van der Waals surface area contributed by atoms with E-state index in [1.165, 1.54) is 0 Å². The number of hydrogen-bond acceptors (Lipinski definition) is 3. The molecule has 1 fully saturated rings. The summed E-state index contributed by atoms with van der Waals surface area (Å²) in [6.45, 7) is 3.62. The van der Waals surface area contributed by atoms with Crippen LogP contribution in [0, 0.1) is 6.92 Å². The smallest absolute Gasteiger partial charge is 0.299 e. The molecule has 88 valence electrons. The van der Waals surface area contributed by atoms with Crippen LogP contribution in [-0.4, -0.2) is 30.8 Å². The maximum atomic E-state index is 12.1. The third-order valence-corrected chi connectivity index (χ3v) is 3.54. The standard InChI is InChI=1S/C13H14N2O2/c1-8-3-2-4-10-11(8)15(13(17)12(10)16)9-5-6-14-7-9/h2-4,9,14H,5-7H2,1H3. The van der Waals surface area contributed by atoms with E-state index in [0.717, 1.165) is 30.8 Å². The second-order valence-electron chi connectivity index (χ2n) is 4.62. The van der Waals surface area contributed by atoms with Crippen molar-refractivity contribution in [2.45, 2.75) is 19.4 Å². The first-order chi connectivity index (χ1) is 8.20. The van der Waals surface area contributed by atoms with E-state index in [4.69, 9.17) is 0 Å². The van der Waals surface area contributed by atoms with Crippen LogP contribution in [0.1, 0.15) is 22.3 Å². The molecule has 0 bridgehead atoms. The van der Waals surface area contributed by atoms with Gasteiger partial charge in [-0.05, 0) is 31.5 Å². The molecule has 0 spiro atoms. The van der Waals surface area contributed by atoms with Crippen molar-refractivity contribution in [2.24, 2.45) is 0 Å². The van der Waals surface area contributed by atoms with Gasteiger partial charge in [-0.3, -0.25) is 9.59 Å². The number of rotatable bonds is 1. The number of Topliss-reactive ketones (excluding diaryl/α,β-unsaturated/α-hetero) is 1. The fourth-order valence-electron chi connectivity index (χ4n) is 2.70. The summed E-state index contributed by atoms with van der Waals surface area (Å²) >= 11 is 0. The van der Waals surface area contributed by atoms with Crippen LogP contribution < -0.4 is 10.2 Å². The molecule has 4 heteroatoms. The minimum atomic E-state index is -0.372. The Morgan fingerprint density at radius 3 is 2.88 bits per heavy atom. The van der Waals surface area contributed by atoms with Gasteiger partial charge >= 0.3 is 0 Å². The molecule has 0 aromatic heterocycles. The van der Waals surface area contributed by atoms with Gasteiger partial charge in [-0.15, -0.1) is 0 Å². The zero-order valence-corrected chi connectivity index (χ0v) is 9.69. The Balaban J connectivity index is 2.12. The molecule has 2 aliphatic rings. The van der Waals surface area contributed by atoms with Gasteiger partial charge in [-0.2, -0.15) is 0 Å². The average Bonchev–Trinajstić information content (AvgIpc) is 2.90. The third-order valence-electron chi connectivity index (χ3n) is 3.54. The Morgan fingerprint density at radius 1 is 1.35 bits per heavy atom. The zero-order valence-electron chi connectivity index (χ0n) is 9.69. The number of nitrogens with zero attached hydrogens (tertiary/aromatic N) is 1. The molecule has 1 amide bonds. The number of ketones is 1. The molecule has 2 heterocycles. The first-order valence-corrected chi connectivity index (χ1v) is 5.88. The van der Waals surface area contributed by atoms with Crippen LogP contribution in [-0.2, 0) is 4.79 Å². The first kappa shape index (κ1) is 10.5. The highest BCUT2D eigenvalue weighted by molar-refractivity contribution is 6.52. The molecule has 1 N–H and O–H groups in total. The van der Waals surface area contributed by atoms with Crippen LogP contribution in [0.25, 0.3) is 0 Å². The van der Waals surface area contributed by atoms with Crippen LogP contribution >= 0.6 is 0 Å². The summed E-state index contributed by atoms with van der Waals surface area (Å²) < 4.78 is 0. The topological polar surface area (TPSA) is 49.4 Å². The minimum absolute atomic E-state index is 0.119. The summed E-state index contributed by atoms with van der Waals surface area (Å²) in [4.78, 5) is 25.6. The molecule has 1 aromatic rings. The number of aryl methyl sites for hydroxylation is 1. The lowest BCUT2D eigenvalue weighted by atomic mass is 10.1. The maximum absolute atomic E-state index is 12.1. The molecule has 2 aliphatic heterocycles. The van der Waals surface area contributed by atoms with E-state index in [1.54, 1.807) is 11.0 Å². The Labute approximate surface area is 99.6 Å². The molecule has 3 rings (SSSR count). The molecular formula is C13H14N2O2. The molecule has 17 heavy (non-hydrogen) atoms. The van der Waals surface area contributed by atoms with Gasteiger partial charge < -0.3 is 10.2 Å². The number of amides is 1. The van der Waals surface area contributed by atoms with E-state index in [9.17, 15) is 9.59 Å². The normalized spacial score (nSPS) is 23.4. The monoisotopic (exact) mass is 230 g/mol. The fourth-order valence-corrected chi connectivity index (χ4v) is 2.70. The van der Waals surface area contributed by atoms with Crippen molar-refractivity contribution in [2.75, 3.05) is 18.0 Å². The molecule has 0 saturated carbocycles. The van der Waals surface area contributed by atoms with Gasteiger partial charge in [-0.1, -0.05) is 12.1 Å². The van der Waals surface area contributed by atoms with Crippen molar-refractivity contribution in [3.05, 3.63) is 29.3 Å². The van der Waals surface area contributed by atoms with E-state index in [2.05, 4.69) is 5.32 Å². The molecule has 0 aliphatic carbocycles. The van der Waals surface area contributed by atoms with Crippen molar-refractivity contribution in [1.82, 2.24) is 5.32 Å². The Bertz CT molecular complexity index is 504. The molecule has 1 atom stereocenters. The van der Waals surface area contributed by atoms with Gasteiger partial charge in [0, 0.05) is 6.54 Å². The Kier molecular flexibility index (Phi) is 2.26. The predicted octanol–water partition coefficient (Wildman–Crippen LogP) is 0.886. The number of carbonyl (C=O) groups is 2. The second kappa shape index (κ2) is 3.67. The minimum Gasteiger partial charge on any atom is -0.315 e. The fraction of sp³-hybridized carbons (Fsp3) is 0.385. The lowest BCUT2D eigenvalue weighted by molar-refractivity contribution is -0.114. The summed E-state index contributed by atoms with van der Waals surface area (Å²) in [7, 11) is 0. The van der Waals surface area contributed by atoms with Crippen LogP contribution in [0.2, 0.25) is 0 Å². The van der Waals surface area contributed by atoms with Crippen molar-refractivity contribution in [3.63, 3.8) is 0 Å². The number of fused-ring (bicyclic) bond motifs is 1. The second-order valence-corrected chi connectivity index (χ2v) is 4.62. The number of nitrogens with one attached hydrogen (secondary N) is 1. The summed E-state index contributed by atoms with van der Waals surface area (Å²) in [5.74, 6) is -0.737. The molecule has 1 saturated heterocycles. The maximum Gasteiger partial charge on any atom is 0.299 e. The quantitative estimate of drug-likeness (QED) is 0.729. The van der Waals surface area contributed by atoms with Crippen LogP contribution in [0.3, 0.4) is 0 Å². The molecule has 1 unspecified atom stereocenters. The number of carbonyl (C=O) groups excluding carboxylic acids is 2. The summed E-state index contributed by atoms with van der Waals surface area (Å²) in [6, 6.07) is 5.63. The zero-order chi connectivity index (χ0) is 12.0. The van der Waals surface area contributed by atoms with Crippen molar-refractivity contribution >= 4 is 17.4 Å². The van der Waals surface area contributed by atoms with E-state index in [-0.39, 0.29) is 17.7 Å². The lowest BCUT2D eigenvalue weighted by Crippen LogP contribution is -2.41. The van der Waals surface area contributed by atoms with E-state index in [1.807, 2.05) is 19.1 Å². The number of hydrogen-bond donors (Lipinski definition) is 1. The SMILES string of the molecule is Cc1cccc2c1N(C1CCNC1)C(=O)C2=O. The van der Waals surface area contributed by atoms with Crippen LogP contribution in [0.5, 0.6) is 0 Å². The van der Waals surface area contributed by atoms with Crippen molar-refractivity contribution in [1.29, 1.82) is 0 Å². The van der Waals surface area contributed by atoms with Gasteiger partial charge in [0.05, 0.1) is 17.3 Å². The van der Waals surface area contributed by atoms with Gasteiger partial charge in [0.25, 0.3) is 11.7 Å². The number of anilines is 1. The highest BCUT2D eigenvalue weighted by atomic mass is 16.2. The number of para-hydroxylation sites is 1. The van der Waals surface area contributed by atoms with Gasteiger partial charge in [0.15, 0.2) is 0 Å². The van der Waals surface area contributed by atoms with Gasteiger partial charge in [-0.25, -0.2) is 0 Å². The van der Waals surface area contributed by atoms with Crippen molar-refractivity contribution in [3.8, 4) is 0 Å². The molecule has 4 nitrogen and oxygen atoms in total. The Hall–Kier alpha value is -1.68. The highest BCUT2D eigenvalue weighted by Gasteiger charge is 2.41.